The fourth-order valence-electron chi connectivity index (χ4n) is 1.70. The summed E-state index contributed by atoms with van der Waals surface area (Å²) in [5.41, 5.74) is 6.27. The van der Waals surface area contributed by atoms with E-state index in [0.29, 0.717) is 23.7 Å². The number of methoxy groups -OCH3 is 1. The molecule has 0 saturated heterocycles. The number of aryl methyl sites for hydroxylation is 1. The predicted molar refractivity (Wildman–Crippen MR) is 72.8 cm³/mol. The van der Waals surface area contributed by atoms with Crippen LogP contribution in [0.2, 0.25) is 0 Å². The summed E-state index contributed by atoms with van der Waals surface area (Å²) in [6.45, 7) is 3.88. The number of nitrogens with two attached hydrogens (primary N) is 1. The molecule has 1 aromatic heterocycles. The first-order valence-electron chi connectivity index (χ1n) is 6.34. The van der Waals surface area contributed by atoms with Gasteiger partial charge in [-0.25, -0.2) is 4.39 Å². The third-order valence-electron chi connectivity index (χ3n) is 2.86. The Balaban J connectivity index is 2.16. The Kier molecular flexibility index (Phi) is 4.04. The number of ether oxygens (including phenoxy) is 1. The third-order valence-corrected chi connectivity index (χ3v) is 2.86. The highest BCUT2D eigenvalue weighted by molar-refractivity contribution is 5.57. The lowest BCUT2D eigenvalue weighted by molar-refractivity contribution is 0.358. The zero-order valence-corrected chi connectivity index (χ0v) is 11.8. The number of hydrogen-bond acceptors (Lipinski definition) is 5. The van der Waals surface area contributed by atoms with Gasteiger partial charge in [0.25, 0.3) is 0 Å². The first kappa shape index (κ1) is 14.5. The third kappa shape index (κ3) is 3.54. The Bertz CT molecular complexity index is 590. The Hall–Kier alpha value is -1.95. The molecule has 2 rings (SSSR count). The van der Waals surface area contributed by atoms with Gasteiger partial charge in [-0.1, -0.05) is 5.16 Å². The molecule has 0 radical (unpaired) electrons. The summed E-state index contributed by atoms with van der Waals surface area (Å²) in [4.78, 5) is 4.28. The van der Waals surface area contributed by atoms with Crippen LogP contribution in [0.3, 0.4) is 0 Å². The van der Waals surface area contributed by atoms with Crippen molar-refractivity contribution in [3.8, 4) is 17.1 Å². The van der Waals surface area contributed by atoms with Crippen molar-refractivity contribution < 1.29 is 13.7 Å². The minimum atomic E-state index is -0.426. The van der Waals surface area contributed by atoms with Gasteiger partial charge >= 0.3 is 0 Å². The highest BCUT2D eigenvalue weighted by Crippen LogP contribution is 2.24. The Labute approximate surface area is 116 Å². The lowest BCUT2D eigenvalue weighted by Gasteiger charge is -2.16. The first-order chi connectivity index (χ1) is 9.39. The molecule has 6 heteroatoms. The number of hydrogen-bond donors (Lipinski definition) is 1. The number of benzene rings is 1. The van der Waals surface area contributed by atoms with Gasteiger partial charge in [-0.3, -0.25) is 0 Å². The number of aromatic nitrogens is 2. The lowest BCUT2D eigenvalue weighted by Crippen LogP contribution is -2.32. The molecule has 5 nitrogen and oxygen atoms in total. The van der Waals surface area contributed by atoms with E-state index >= 15 is 0 Å². The fraction of sp³-hybridized carbons (Fsp3) is 0.429. The molecule has 0 fully saturated rings. The van der Waals surface area contributed by atoms with E-state index in [-0.39, 0.29) is 11.3 Å². The molecule has 1 aromatic carbocycles. The average Bonchev–Trinajstić information content (AvgIpc) is 2.85. The van der Waals surface area contributed by atoms with Gasteiger partial charge in [-0.2, -0.15) is 4.98 Å². The van der Waals surface area contributed by atoms with Gasteiger partial charge in [-0.05, 0) is 38.5 Å². The summed E-state index contributed by atoms with van der Waals surface area (Å²) >= 11 is 0. The van der Waals surface area contributed by atoms with E-state index in [2.05, 4.69) is 10.1 Å². The van der Waals surface area contributed by atoms with Gasteiger partial charge < -0.3 is 15.0 Å². The van der Waals surface area contributed by atoms with Crippen LogP contribution in [0.15, 0.2) is 22.7 Å². The van der Waals surface area contributed by atoms with Crippen LogP contribution in [0.4, 0.5) is 4.39 Å². The van der Waals surface area contributed by atoms with Crippen LogP contribution < -0.4 is 10.5 Å². The van der Waals surface area contributed by atoms with Crippen LogP contribution >= 0.6 is 0 Å². The fourth-order valence-corrected chi connectivity index (χ4v) is 1.70. The highest BCUT2D eigenvalue weighted by Gasteiger charge is 2.15. The van der Waals surface area contributed by atoms with Crippen LogP contribution in [-0.4, -0.2) is 22.8 Å². The van der Waals surface area contributed by atoms with Gasteiger partial charge in [0, 0.05) is 17.5 Å². The smallest absolute Gasteiger partial charge is 0.227 e. The average molecular weight is 279 g/mol. The van der Waals surface area contributed by atoms with Crippen molar-refractivity contribution in [3.63, 3.8) is 0 Å². The van der Waals surface area contributed by atoms with Crippen molar-refractivity contribution in [1.29, 1.82) is 0 Å². The molecule has 108 valence electrons. The van der Waals surface area contributed by atoms with Crippen LogP contribution in [0.5, 0.6) is 5.75 Å². The molecule has 0 saturated carbocycles. The summed E-state index contributed by atoms with van der Waals surface area (Å²) in [5, 5.41) is 3.89. The number of rotatable bonds is 5. The number of halogens is 1. The van der Waals surface area contributed by atoms with Crippen LogP contribution in [-0.2, 0) is 6.42 Å². The maximum Gasteiger partial charge on any atom is 0.227 e. The summed E-state index contributed by atoms with van der Waals surface area (Å²) in [7, 11) is 1.41. The van der Waals surface area contributed by atoms with Crippen LogP contribution in [0, 0.1) is 5.82 Å². The summed E-state index contributed by atoms with van der Waals surface area (Å²) < 4.78 is 23.4. The maximum atomic E-state index is 13.3. The molecule has 0 bridgehead atoms. The quantitative estimate of drug-likeness (QED) is 0.910. The monoisotopic (exact) mass is 279 g/mol. The van der Waals surface area contributed by atoms with Crippen molar-refractivity contribution in [1.82, 2.24) is 10.1 Å². The van der Waals surface area contributed by atoms with Crippen LogP contribution in [0.25, 0.3) is 11.4 Å². The normalized spacial score (nSPS) is 11.7. The highest BCUT2D eigenvalue weighted by atomic mass is 19.1. The van der Waals surface area contributed by atoms with E-state index in [1.54, 1.807) is 6.07 Å². The van der Waals surface area contributed by atoms with Crippen molar-refractivity contribution in [2.75, 3.05) is 7.11 Å². The SMILES string of the molecule is COc1cc(-c2noc(CCC(C)(C)N)n2)ccc1F. The minimum absolute atomic E-state index is 0.150. The first-order valence-corrected chi connectivity index (χ1v) is 6.34. The molecule has 2 N–H and O–H groups in total. The van der Waals surface area contributed by atoms with Crippen molar-refractivity contribution in [2.45, 2.75) is 32.2 Å². The van der Waals surface area contributed by atoms with E-state index in [0.717, 1.165) is 6.42 Å². The molecule has 0 atom stereocenters. The maximum absolute atomic E-state index is 13.3. The van der Waals surface area contributed by atoms with Crippen molar-refractivity contribution >= 4 is 0 Å². The minimum Gasteiger partial charge on any atom is -0.494 e. The van der Waals surface area contributed by atoms with Gasteiger partial charge in [0.2, 0.25) is 11.7 Å². The molecule has 0 amide bonds. The number of nitrogens with zero attached hydrogens (tertiary/aromatic N) is 2. The second-order valence-corrected chi connectivity index (χ2v) is 5.35. The topological polar surface area (TPSA) is 74.2 Å². The standard InChI is InChI=1S/C14H18FN3O2/c1-14(2,16)7-6-12-17-13(18-20-12)9-4-5-10(15)11(8-9)19-3/h4-5,8H,6-7,16H2,1-3H3. The zero-order valence-electron chi connectivity index (χ0n) is 11.8. The lowest BCUT2D eigenvalue weighted by atomic mass is 10.0. The summed E-state index contributed by atoms with van der Waals surface area (Å²) in [6.07, 6.45) is 1.34. The summed E-state index contributed by atoms with van der Waals surface area (Å²) in [5.74, 6) is 0.650. The molecule has 1 heterocycles. The van der Waals surface area contributed by atoms with Crippen molar-refractivity contribution in [3.05, 3.63) is 29.9 Å². The van der Waals surface area contributed by atoms with E-state index in [4.69, 9.17) is 15.0 Å². The Morgan fingerprint density at radius 2 is 2.15 bits per heavy atom. The van der Waals surface area contributed by atoms with E-state index in [1.165, 1.54) is 19.2 Å². The van der Waals surface area contributed by atoms with Gasteiger partial charge in [-0.15, -0.1) is 0 Å². The van der Waals surface area contributed by atoms with Crippen LogP contribution in [0.1, 0.15) is 26.2 Å². The molecule has 0 unspecified atom stereocenters. The molecule has 0 aliphatic rings. The van der Waals surface area contributed by atoms with Gasteiger partial charge in [0.1, 0.15) is 0 Å². The molecule has 2 aromatic rings. The van der Waals surface area contributed by atoms with Gasteiger partial charge in [0.15, 0.2) is 11.6 Å². The molecule has 0 aliphatic carbocycles. The second-order valence-electron chi connectivity index (χ2n) is 5.35. The second kappa shape index (κ2) is 5.58. The van der Waals surface area contributed by atoms with E-state index in [9.17, 15) is 4.39 Å². The van der Waals surface area contributed by atoms with E-state index < -0.39 is 5.82 Å². The largest absolute Gasteiger partial charge is 0.494 e. The van der Waals surface area contributed by atoms with E-state index in [1.807, 2.05) is 13.8 Å². The predicted octanol–water partition coefficient (Wildman–Crippen LogP) is 2.55. The van der Waals surface area contributed by atoms with Crippen molar-refractivity contribution in [2.24, 2.45) is 5.73 Å². The zero-order chi connectivity index (χ0) is 14.8. The summed E-state index contributed by atoms with van der Waals surface area (Å²) in [6, 6.07) is 4.43. The Morgan fingerprint density at radius 3 is 2.80 bits per heavy atom. The molecular weight excluding hydrogens is 261 g/mol. The molecule has 0 spiro atoms. The molecular formula is C14H18FN3O2. The van der Waals surface area contributed by atoms with Gasteiger partial charge in [0.05, 0.1) is 7.11 Å². The molecule has 20 heavy (non-hydrogen) atoms. The molecule has 0 aliphatic heterocycles. The Morgan fingerprint density at radius 1 is 1.40 bits per heavy atom.